The van der Waals surface area contributed by atoms with Crippen LogP contribution in [0, 0.1) is 6.92 Å². The Bertz CT molecular complexity index is 689. The van der Waals surface area contributed by atoms with Gasteiger partial charge in [-0.15, -0.1) is 11.8 Å². The standard InChI is InChI=1S/C19H22N2O2S/c1-3-20-19(23)21-18(22)17(15-10-5-4-6-11-15)24-13-16-12-8-7-9-14(16)2/h4-12,17H,3,13H2,1-2H3,(H2,20,21,22,23)/t17-/m0/s1. The Morgan fingerprint density at radius 2 is 1.71 bits per heavy atom. The van der Waals surface area contributed by atoms with Crippen LogP contribution in [0.25, 0.3) is 0 Å². The van der Waals surface area contributed by atoms with Gasteiger partial charge in [0.2, 0.25) is 5.91 Å². The third kappa shape index (κ3) is 5.13. The first-order valence-corrected chi connectivity index (χ1v) is 8.96. The van der Waals surface area contributed by atoms with Gasteiger partial charge >= 0.3 is 6.03 Å². The maximum absolute atomic E-state index is 12.5. The van der Waals surface area contributed by atoms with Gasteiger partial charge in [0.15, 0.2) is 0 Å². The number of thioether (sulfide) groups is 1. The Kier molecular flexibility index (Phi) is 6.88. The Morgan fingerprint density at radius 1 is 1.04 bits per heavy atom. The van der Waals surface area contributed by atoms with Crippen molar-refractivity contribution in [2.75, 3.05) is 6.54 Å². The fraction of sp³-hybridized carbons (Fsp3) is 0.263. The van der Waals surface area contributed by atoms with Gasteiger partial charge < -0.3 is 5.32 Å². The lowest BCUT2D eigenvalue weighted by Crippen LogP contribution is -2.41. The van der Waals surface area contributed by atoms with E-state index in [0.717, 1.165) is 5.56 Å². The topological polar surface area (TPSA) is 58.2 Å². The first-order valence-electron chi connectivity index (χ1n) is 7.91. The molecule has 0 heterocycles. The molecule has 0 aliphatic heterocycles. The summed E-state index contributed by atoms with van der Waals surface area (Å²) in [5, 5.41) is 4.57. The Labute approximate surface area is 147 Å². The van der Waals surface area contributed by atoms with Crippen molar-refractivity contribution in [2.24, 2.45) is 0 Å². The summed E-state index contributed by atoms with van der Waals surface area (Å²) in [5.74, 6) is 0.403. The van der Waals surface area contributed by atoms with Crippen molar-refractivity contribution >= 4 is 23.7 Å². The number of carbonyl (C=O) groups excluding carboxylic acids is 2. The summed E-state index contributed by atoms with van der Waals surface area (Å²) in [6.45, 7) is 4.35. The second-order valence-corrected chi connectivity index (χ2v) is 6.47. The summed E-state index contributed by atoms with van der Waals surface area (Å²) in [6, 6.07) is 17.2. The maximum atomic E-state index is 12.5. The number of carbonyl (C=O) groups is 2. The highest BCUT2D eigenvalue weighted by Crippen LogP contribution is 2.32. The van der Waals surface area contributed by atoms with E-state index < -0.39 is 11.3 Å². The molecule has 0 saturated heterocycles. The SMILES string of the molecule is CCNC(=O)NC(=O)[C@@H](SCc1ccccc1C)c1ccccc1. The third-order valence-electron chi connectivity index (χ3n) is 3.58. The third-order valence-corrected chi connectivity index (χ3v) is 4.88. The summed E-state index contributed by atoms with van der Waals surface area (Å²) in [7, 11) is 0. The zero-order chi connectivity index (χ0) is 17.4. The molecule has 5 heteroatoms. The van der Waals surface area contributed by atoms with Crippen molar-refractivity contribution in [3.63, 3.8) is 0 Å². The fourth-order valence-electron chi connectivity index (χ4n) is 2.28. The first kappa shape index (κ1) is 18.1. The number of imide groups is 1. The number of hydrogen-bond acceptors (Lipinski definition) is 3. The largest absolute Gasteiger partial charge is 0.338 e. The van der Waals surface area contributed by atoms with Crippen LogP contribution in [0.15, 0.2) is 54.6 Å². The normalized spacial score (nSPS) is 11.6. The predicted octanol–water partition coefficient (Wildman–Crippen LogP) is 3.82. The van der Waals surface area contributed by atoms with Gasteiger partial charge in [0, 0.05) is 12.3 Å². The van der Waals surface area contributed by atoms with Crippen LogP contribution in [0.4, 0.5) is 4.79 Å². The molecule has 4 nitrogen and oxygen atoms in total. The van der Waals surface area contributed by atoms with Crippen LogP contribution < -0.4 is 10.6 Å². The van der Waals surface area contributed by atoms with Gasteiger partial charge in [0.05, 0.1) is 0 Å². The number of rotatable bonds is 6. The van der Waals surface area contributed by atoms with E-state index in [2.05, 4.69) is 29.7 Å². The van der Waals surface area contributed by atoms with Crippen molar-refractivity contribution in [3.8, 4) is 0 Å². The maximum Gasteiger partial charge on any atom is 0.321 e. The average Bonchev–Trinajstić information content (AvgIpc) is 2.58. The summed E-state index contributed by atoms with van der Waals surface area (Å²) in [4.78, 5) is 24.2. The minimum absolute atomic E-state index is 0.300. The molecule has 0 unspecified atom stereocenters. The van der Waals surface area contributed by atoms with E-state index in [1.165, 1.54) is 22.9 Å². The number of aryl methyl sites for hydroxylation is 1. The lowest BCUT2D eigenvalue weighted by atomic mass is 10.1. The molecule has 0 aliphatic rings. The van der Waals surface area contributed by atoms with Crippen molar-refractivity contribution in [3.05, 3.63) is 71.3 Å². The van der Waals surface area contributed by atoms with Gasteiger partial charge in [-0.05, 0) is 30.5 Å². The average molecular weight is 342 g/mol. The van der Waals surface area contributed by atoms with Gasteiger partial charge in [-0.25, -0.2) is 4.79 Å². The van der Waals surface area contributed by atoms with Crippen LogP contribution in [0.5, 0.6) is 0 Å². The first-order chi connectivity index (χ1) is 11.6. The number of hydrogen-bond donors (Lipinski definition) is 2. The van der Waals surface area contributed by atoms with E-state index >= 15 is 0 Å². The molecule has 0 radical (unpaired) electrons. The second kappa shape index (κ2) is 9.13. The van der Waals surface area contributed by atoms with Crippen molar-refractivity contribution in [2.45, 2.75) is 24.9 Å². The van der Waals surface area contributed by atoms with E-state index in [9.17, 15) is 9.59 Å². The Morgan fingerprint density at radius 3 is 2.38 bits per heavy atom. The molecular weight excluding hydrogens is 320 g/mol. The number of amides is 3. The highest BCUT2D eigenvalue weighted by Gasteiger charge is 2.23. The molecule has 24 heavy (non-hydrogen) atoms. The van der Waals surface area contributed by atoms with Crippen LogP contribution in [-0.4, -0.2) is 18.5 Å². The van der Waals surface area contributed by atoms with Gasteiger partial charge in [-0.3, -0.25) is 10.1 Å². The number of urea groups is 1. The van der Waals surface area contributed by atoms with Gasteiger partial charge in [-0.2, -0.15) is 0 Å². The lowest BCUT2D eigenvalue weighted by molar-refractivity contribution is -0.119. The van der Waals surface area contributed by atoms with E-state index in [1.54, 1.807) is 0 Å². The molecule has 0 bridgehead atoms. The smallest absolute Gasteiger partial charge is 0.321 e. The molecule has 2 N–H and O–H groups in total. The predicted molar refractivity (Wildman–Crippen MR) is 98.9 cm³/mol. The second-order valence-electron chi connectivity index (χ2n) is 5.38. The molecule has 2 rings (SSSR count). The van der Waals surface area contributed by atoms with Crippen molar-refractivity contribution < 1.29 is 9.59 Å². The molecule has 0 aliphatic carbocycles. The summed E-state index contributed by atoms with van der Waals surface area (Å²) in [6.07, 6.45) is 0. The van der Waals surface area contributed by atoms with Crippen LogP contribution in [0.2, 0.25) is 0 Å². The molecule has 2 aromatic carbocycles. The van der Waals surface area contributed by atoms with Crippen LogP contribution in [0.1, 0.15) is 28.9 Å². The Hall–Kier alpha value is -2.27. The summed E-state index contributed by atoms with van der Waals surface area (Å²) >= 11 is 1.52. The van der Waals surface area contributed by atoms with Gasteiger partial charge in [-0.1, -0.05) is 54.6 Å². The van der Waals surface area contributed by atoms with E-state index in [0.29, 0.717) is 12.3 Å². The molecule has 0 fully saturated rings. The molecule has 126 valence electrons. The molecule has 0 aromatic heterocycles. The van der Waals surface area contributed by atoms with E-state index in [1.807, 2.05) is 49.4 Å². The molecular formula is C19H22N2O2S. The zero-order valence-electron chi connectivity index (χ0n) is 13.9. The van der Waals surface area contributed by atoms with Crippen molar-refractivity contribution in [1.82, 2.24) is 10.6 Å². The summed E-state index contributed by atoms with van der Waals surface area (Å²) in [5.41, 5.74) is 3.27. The van der Waals surface area contributed by atoms with Crippen LogP contribution in [-0.2, 0) is 10.5 Å². The van der Waals surface area contributed by atoms with Gasteiger partial charge in [0.1, 0.15) is 5.25 Å². The van der Waals surface area contributed by atoms with Crippen LogP contribution in [0.3, 0.4) is 0 Å². The van der Waals surface area contributed by atoms with Crippen LogP contribution >= 0.6 is 11.8 Å². The molecule has 1 atom stereocenters. The number of benzene rings is 2. The molecule has 3 amide bonds. The zero-order valence-corrected chi connectivity index (χ0v) is 14.7. The van der Waals surface area contributed by atoms with E-state index in [4.69, 9.17) is 0 Å². The summed E-state index contributed by atoms with van der Waals surface area (Å²) < 4.78 is 0. The quantitative estimate of drug-likeness (QED) is 0.839. The fourth-order valence-corrected chi connectivity index (χ4v) is 3.51. The van der Waals surface area contributed by atoms with Crippen molar-refractivity contribution in [1.29, 1.82) is 0 Å². The highest BCUT2D eigenvalue weighted by molar-refractivity contribution is 7.99. The minimum Gasteiger partial charge on any atom is -0.338 e. The number of nitrogens with one attached hydrogen (secondary N) is 2. The molecule has 0 saturated carbocycles. The minimum atomic E-state index is -0.458. The monoisotopic (exact) mass is 342 g/mol. The molecule has 2 aromatic rings. The highest BCUT2D eigenvalue weighted by atomic mass is 32.2. The van der Waals surface area contributed by atoms with E-state index in [-0.39, 0.29) is 5.91 Å². The van der Waals surface area contributed by atoms with Gasteiger partial charge in [0.25, 0.3) is 0 Å². The lowest BCUT2D eigenvalue weighted by Gasteiger charge is -2.17. The Balaban J connectivity index is 2.13. The molecule has 0 spiro atoms.